The van der Waals surface area contributed by atoms with Crippen LogP contribution in [0.15, 0.2) is 174 Å². The van der Waals surface area contributed by atoms with E-state index in [2.05, 4.69) is 152 Å². The molecule has 0 aliphatic carbocycles. The standard InChI is InChI=1S/C49H39N3S/c1-3-12-32(13-4-2)20-30-42(51-49(50)35-14-6-5-7-15-35)33-21-25-36(26-22-33)52-43-18-10-8-16-37(43)39-29-28-38-40(48(39)52)27-23-34-24-31-45-47(46(34)38)41-17-9-11-19-44(41)53-45/h3,5-19,21-31H,4,20H2,1-2H3,(H2,50,51)/b12-3-,32-13+,42-30-. The molecule has 2 heterocycles. The molecule has 7 aromatic carbocycles. The van der Waals surface area contributed by atoms with E-state index in [-0.39, 0.29) is 0 Å². The fourth-order valence-corrected chi connectivity index (χ4v) is 9.01. The summed E-state index contributed by atoms with van der Waals surface area (Å²) in [5, 5.41) is 10.3. The van der Waals surface area contributed by atoms with E-state index in [9.17, 15) is 0 Å². The van der Waals surface area contributed by atoms with Gasteiger partial charge in [-0.05, 0) is 71.8 Å². The smallest absolute Gasteiger partial charge is 0.131 e. The quantitative estimate of drug-likeness (QED) is 0.0729. The van der Waals surface area contributed by atoms with Crippen LogP contribution in [0.5, 0.6) is 0 Å². The molecule has 2 N–H and O–H groups in total. The molecular formula is C49H39N3S. The number of allylic oxidation sites excluding steroid dienone is 5. The zero-order chi connectivity index (χ0) is 35.9. The van der Waals surface area contributed by atoms with Gasteiger partial charge in [0.15, 0.2) is 0 Å². The Morgan fingerprint density at radius 3 is 2.15 bits per heavy atom. The van der Waals surface area contributed by atoms with Gasteiger partial charge in [0.1, 0.15) is 5.84 Å². The van der Waals surface area contributed by atoms with E-state index in [4.69, 9.17) is 10.7 Å². The van der Waals surface area contributed by atoms with Crippen molar-refractivity contribution in [3.05, 3.63) is 181 Å². The monoisotopic (exact) mass is 701 g/mol. The molecule has 0 saturated heterocycles. The molecule has 0 bridgehead atoms. The van der Waals surface area contributed by atoms with Crippen molar-refractivity contribution in [2.24, 2.45) is 10.7 Å². The van der Waals surface area contributed by atoms with Crippen molar-refractivity contribution >= 4 is 86.4 Å². The zero-order valence-corrected chi connectivity index (χ0v) is 30.7. The maximum atomic E-state index is 6.62. The average Bonchev–Trinajstić information content (AvgIpc) is 3.76. The van der Waals surface area contributed by atoms with Crippen LogP contribution in [0.25, 0.3) is 74.9 Å². The van der Waals surface area contributed by atoms with Crippen molar-refractivity contribution < 1.29 is 0 Å². The molecule has 0 saturated carbocycles. The highest BCUT2D eigenvalue weighted by Gasteiger charge is 2.18. The number of aliphatic imine (C=N–C) groups is 1. The molecule has 0 fully saturated rings. The fourth-order valence-electron chi connectivity index (χ4n) is 7.90. The van der Waals surface area contributed by atoms with Crippen LogP contribution in [0, 0.1) is 0 Å². The minimum atomic E-state index is 0.501. The lowest BCUT2D eigenvalue weighted by atomic mass is 9.96. The molecule has 0 spiro atoms. The highest BCUT2D eigenvalue weighted by atomic mass is 32.1. The number of nitrogens with zero attached hydrogens (tertiary/aromatic N) is 2. The van der Waals surface area contributed by atoms with E-state index in [1.165, 1.54) is 69.1 Å². The molecule has 9 aromatic rings. The van der Waals surface area contributed by atoms with Gasteiger partial charge in [0.25, 0.3) is 0 Å². The topological polar surface area (TPSA) is 43.3 Å². The van der Waals surface area contributed by atoms with E-state index in [1.807, 2.05) is 41.7 Å². The Balaban J connectivity index is 1.24. The van der Waals surface area contributed by atoms with E-state index in [1.54, 1.807) is 0 Å². The van der Waals surface area contributed by atoms with Gasteiger partial charge >= 0.3 is 0 Å². The number of rotatable bonds is 8. The number of para-hydroxylation sites is 1. The second-order valence-corrected chi connectivity index (χ2v) is 14.6. The van der Waals surface area contributed by atoms with Crippen LogP contribution >= 0.6 is 11.3 Å². The van der Waals surface area contributed by atoms with Gasteiger partial charge in [0, 0.05) is 53.1 Å². The third kappa shape index (κ3) is 5.72. The summed E-state index contributed by atoms with van der Waals surface area (Å²) in [7, 11) is 0. The van der Waals surface area contributed by atoms with Crippen molar-refractivity contribution in [2.45, 2.75) is 26.7 Å². The van der Waals surface area contributed by atoms with E-state index >= 15 is 0 Å². The molecule has 256 valence electrons. The minimum Gasteiger partial charge on any atom is -0.383 e. The maximum absolute atomic E-state index is 6.62. The highest BCUT2D eigenvalue weighted by molar-refractivity contribution is 7.26. The summed E-state index contributed by atoms with van der Waals surface area (Å²) in [5.41, 5.74) is 14.2. The third-order valence-corrected chi connectivity index (χ3v) is 11.4. The van der Waals surface area contributed by atoms with Crippen molar-refractivity contribution in [2.75, 3.05) is 0 Å². The van der Waals surface area contributed by atoms with Gasteiger partial charge in [-0.2, -0.15) is 0 Å². The SMILES string of the molecule is C/C=C\C(=C/CC)C/C=C(\N=C(N)c1ccccc1)c1ccc(-n2c3ccccc3c3ccc4c(ccc5ccc6sc7ccccc7c6c54)c32)cc1. The summed E-state index contributed by atoms with van der Waals surface area (Å²) in [6.07, 6.45) is 10.5. The van der Waals surface area contributed by atoms with Gasteiger partial charge < -0.3 is 10.3 Å². The molecule has 0 aliphatic heterocycles. The molecule has 2 aromatic heterocycles. The lowest BCUT2D eigenvalue weighted by Gasteiger charge is -2.13. The van der Waals surface area contributed by atoms with Crippen LogP contribution in [0.4, 0.5) is 0 Å². The van der Waals surface area contributed by atoms with Gasteiger partial charge in [0.2, 0.25) is 0 Å². The average molecular weight is 702 g/mol. The summed E-state index contributed by atoms with van der Waals surface area (Å²) < 4.78 is 5.09. The number of thiophene rings is 1. The normalized spacial score (nSPS) is 13.2. The zero-order valence-electron chi connectivity index (χ0n) is 29.9. The van der Waals surface area contributed by atoms with Crippen molar-refractivity contribution in [1.82, 2.24) is 4.57 Å². The lowest BCUT2D eigenvalue weighted by molar-refractivity contribution is 1.15. The Hall–Kier alpha value is -6.23. The predicted octanol–water partition coefficient (Wildman–Crippen LogP) is 13.5. The summed E-state index contributed by atoms with van der Waals surface area (Å²) >= 11 is 1.87. The number of nitrogens with two attached hydrogens (primary N) is 1. The first-order valence-electron chi connectivity index (χ1n) is 18.3. The van der Waals surface area contributed by atoms with E-state index < -0.39 is 0 Å². The molecular weight excluding hydrogens is 663 g/mol. The molecule has 9 rings (SSSR count). The van der Waals surface area contributed by atoms with Crippen LogP contribution in [-0.4, -0.2) is 10.4 Å². The van der Waals surface area contributed by atoms with Crippen molar-refractivity contribution in [1.29, 1.82) is 0 Å². The maximum Gasteiger partial charge on any atom is 0.131 e. The molecule has 0 amide bonds. The third-order valence-electron chi connectivity index (χ3n) is 10.3. The second kappa shape index (κ2) is 13.7. The summed E-state index contributed by atoms with van der Waals surface area (Å²) in [5.74, 6) is 0.501. The largest absolute Gasteiger partial charge is 0.383 e. The number of fused-ring (bicyclic) bond motifs is 11. The lowest BCUT2D eigenvalue weighted by Crippen LogP contribution is -2.13. The number of hydrogen-bond acceptors (Lipinski definition) is 2. The minimum absolute atomic E-state index is 0.501. The van der Waals surface area contributed by atoms with Gasteiger partial charge in [-0.25, -0.2) is 4.99 Å². The van der Waals surface area contributed by atoms with Crippen molar-refractivity contribution in [3.8, 4) is 5.69 Å². The summed E-state index contributed by atoms with van der Waals surface area (Å²) in [4.78, 5) is 5.01. The molecule has 0 atom stereocenters. The first-order valence-corrected chi connectivity index (χ1v) is 19.2. The van der Waals surface area contributed by atoms with E-state index in [0.29, 0.717) is 5.84 Å². The van der Waals surface area contributed by atoms with Crippen LogP contribution < -0.4 is 5.73 Å². The molecule has 0 radical (unpaired) electrons. The van der Waals surface area contributed by atoms with Crippen LogP contribution in [0.3, 0.4) is 0 Å². The fraction of sp³-hybridized carbons (Fsp3) is 0.0816. The first kappa shape index (κ1) is 32.7. The highest BCUT2D eigenvalue weighted by Crippen LogP contribution is 2.44. The van der Waals surface area contributed by atoms with Crippen molar-refractivity contribution in [3.63, 3.8) is 0 Å². The molecule has 53 heavy (non-hydrogen) atoms. The summed E-state index contributed by atoms with van der Waals surface area (Å²) in [6, 6.07) is 50.2. The Morgan fingerprint density at radius 2 is 1.34 bits per heavy atom. The van der Waals surface area contributed by atoms with Gasteiger partial charge in [-0.1, -0.05) is 140 Å². The molecule has 0 aliphatic rings. The summed E-state index contributed by atoms with van der Waals surface area (Å²) in [6.45, 7) is 4.23. The first-order chi connectivity index (χ1) is 26.1. The molecule has 4 heteroatoms. The molecule has 0 unspecified atom stereocenters. The Bertz CT molecular complexity index is 2950. The predicted molar refractivity (Wildman–Crippen MR) is 232 cm³/mol. The van der Waals surface area contributed by atoms with Crippen LogP contribution in [0.1, 0.15) is 37.8 Å². The number of aromatic nitrogens is 1. The number of amidine groups is 1. The molecule has 3 nitrogen and oxygen atoms in total. The van der Waals surface area contributed by atoms with Gasteiger partial charge in [-0.15, -0.1) is 11.3 Å². The van der Waals surface area contributed by atoms with Gasteiger partial charge in [0.05, 0.1) is 16.7 Å². The Labute approximate surface area is 313 Å². The van der Waals surface area contributed by atoms with Crippen LogP contribution in [-0.2, 0) is 0 Å². The Morgan fingerprint density at radius 1 is 0.642 bits per heavy atom. The van der Waals surface area contributed by atoms with E-state index in [0.717, 1.165) is 35.4 Å². The number of benzene rings is 7. The Kier molecular flexibility index (Phi) is 8.46. The second-order valence-electron chi connectivity index (χ2n) is 13.5. The van der Waals surface area contributed by atoms with Gasteiger partial charge in [-0.3, -0.25) is 0 Å². The van der Waals surface area contributed by atoms with Crippen LogP contribution in [0.2, 0.25) is 0 Å². The number of hydrogen-bond donors (Lipinski definition) is 1.